The van der Waals surface area contributed by atoms with Gasteiger partial charge in [-0.2, -0.15) is 0 Å². The van der Waals surface area contributed by atoms with Gasteiger partial charge in [-0.15, -0.1) is 10.2 Å². The molecule has 0 aromatic carbocycles. The average molecular weight is 214 g/mol. The second-order valence-corrected chi connectivity index (χ2v) is 4.01. The molecule has 1 aromatic rings. The van der Waals surface area contributed by atoms with Crippen molar-refractivity contribution in [2.24, 2.45) is 0 Å². The number of likely N-dealkylation sites (N-methyl/N-ethyl adjacent to an activating group) is 1. The van der Waals surface area contributed by atoms with E-state index in [1.165, 1.54) is 0 Å². The molecule has 14 heavy (non-hydrogen) atoms. The van der Waals surface area contributed by atoms with Crippen LogP contribution in [0.3, 0.4) is 0 Å². The highest BCUT2D eigenvalue weighted by Crippen LogP contribution is 2.20. The highest BCUT2D eigenvalue weighted by Gasteiger charge is 2.24. The van der Waals surface area contributed by atoms with Crippen LogP contribution in [0.2, 0.25) is 0 Å². The fourth-order valence-electron chi connectivity index (χ4n) is 1.60. The molecule has 0 saturated carbocycles. The number of morpholine rings is 1. The van der Waals surface area contributed by atoms with Crippen LogP contribution in [0.25, 0.3) is 0 Å². The summed E-state index contributed by atoms with van der Waals surface area (Å²) in [6.07, 6.45) is 0. The van der Waals surface area contributed by atoms with Gasteiger partial charge in [-0.25, -0.2) is 0 Å². The number of rotatable bonds is 3. The summed E-state index contributed by atoms with van der Waals surface area (Å²) in [6, 6.07) is 0.377. The molecule has 2 heterocycles. The predicted molar refractivity (Wildman–Crippen MR) is 55.8 cm³/mol. The minimum atomic E-state index is 0.377. The van der Waals surface area contributed by atoms with E-state index in [9.17, 15) is 0 Å². The zero-order chi connectivity index (χ0) is 9.80. The topological polar surface area (TPSA) is 50.3 Å². The summed E-state index contributed by atoms with van der Waals surface area (Å²) < 4.78 is 5.44. The highest BCUT2D eigenvalue weighted by molar-refractivity contribution is 7.13. The third kappa shape index (κ3) is 2.02. The van der Waals surface area contributed by atoms with Crippen LogP contribution in [0.5, 0.6) is 0 Å². The zero-order valence-corrected chi connectivity index (χ0v) is 8.96. The van der Waals surface area contributed by atoms with E-state index in [1.54, 1.807) is 16.8 Å². The minimum Gasteiger partial charge on any atom is -0.377 e. The summed E-state index contributed by atoms with van der Waals surface area (Å²) in [5, 5.41) is 12.1. The van der Waals surface area contributed by atoms with Crippen molar-refractivity contribution >= 4 is 16.5 Å². The summed E-state index contributed by atoms with van der Waals surface area (Å²) in [5.74, 6) is 0. The summed E-state index contributed by atoms with van der Waals surface area (Å²) in [5.41, 5.74) is 1.77. The van der Waals surface area contributed by atoms with Gasteiger partial charge in [0.15, 0.2) is 0 Å². The molecule has 78 valence electrons. The Morgan fingerprint density at radius 1 is 1.79 bits per heavy atom. The van der Waals surface area contributed by atoms with Gasteiger partial charge in [0.1, 0.15) is 5.51 Å². The zero-order valence-electron chi connectivity index (χ0n) is 8.14. The molecule has 0 amide bonds. The second-order valence-electron chi connectivity index (χ2n) is 3.20. The lowest BCUT2D eigenvalue weighted by Crippen LogP contribution is -2.50. The number of hydrogen-bond donors (Lipinski definition) is 1. The molecular formula is C8H14N4OS. The van der Waals surface area contributed by atoms with E-state index >= 15 is 0 Å². The first kappa shape index (κ1) is 9.82. The number of anilines is 1. The largest absolute Gasteiger partial charge is 0.377 e. The average Bonchev–Trinajstić information content (AvgIpc) is 2.72. The molecule has 1 saturated heterocycles. The van der Waals surface area contributed by atoms with Crippen molar-refractivity contribution < 1.29 is 4.74 Å². The van der Waals surface area contributed by atoms with Crippen molar-refractivity contribution in [1.82, 2.24) is 15.5 Å². The van der Waals surface area contributed by atoms with Crippen LogP contribution in [0, 0.1) is 0 Å². The molecular weight excluding hydrogens is 200 g/mol. The van der Waals surface area contributed by atoms with Crippen molar-refractivity contribution in [3.63, 3.8) is 0 Å². The molecule has 1 unspecified atom stereocenters. The minimum absolute atomic E-state index is 0.377. The molecule has 1 N–H and O–H groups in total. The number of ether oxygens (including phenoxy) is 1. The predicted octanol–water partition coefficient (Wildman–Crippen LogP) is -0.0373. The molecule has 1 aliphatic rings. The number of aromatic nitrogens is 2. The molecule has 0 radical (unpaired) electrons. The van der Waals surface area contributed by atoms with Crippen LogP contribution in [0.1, 0.15) is 0 Å². The molecule has 1 atom stereocenters. The van der Waals surface area contributed by atoms with E-state index in [0.717, 1.165) is 31.4 Å². The summed E-state index contributed by atoms with van der Waals surface area (Å²) in [7, 11) is 1.95. The SMILES string of the molecule is CNCC1COCCN1c1nncs1. The quantitative estimate of drug-likeness (QED) is 0.765. The molecule has 0 bridgehead atoms. The summed E-state index contributed by atoms with van der Waals surface area (Å²) in [4.78, 5) is 2.26. The Hall–Kier alpha value is -0.720. The van der Waals surface area contributed by atoms with Gasteiger partial charge < -0.3 is 15.0 Å². The Kier molecular flexibility index (Phi) is 3.28. The van der Waals surface area contributed by atoms with Crippen LogP contribution in [0.15, 0.2) is 5.51 Å². The Labute approximate surface area is 87.1 Å². The van der Waals surface area contributed by atoms with Crippen molar-refractivity contribution in [3.05, 3.63) is 5.51 Å². The Morgan fingerprint density at radius 3 is 3.43 bits per heavy atom. The van der Waals surface area contributed by atoms with Gasteiger partial charge in [0.2, 0.25) is 5.13 Å². The number of nitrogens with one attached hydrogen (secondary N) is 1. The first-order chi connectivity index (χ1) is 6.92. The van der Waals surface area contributed by atoms with Gasteiger partial charge in [-0.05, 0) is 7.05 Å². The van der Waals surface area contributed by atoms with Gasteiger partial charge in [0.05, 0.1) is 19.3 Å². The molecule has 5 nitrogen and oxygen atoms in total. The molecule has 1 fully saturated rings. The fourth-order valence-corrected chi connectivity index (χ4v) is 2.26. The van der Waals surface area contributed by atoms with Gasteiger partial charge in [0, 0.05) is 13.1 Å². The molecule has 2 rings (SSSR count). The maximum absolute atomic E-state index is 5.44. The monoisotopic (exact) mass is 214 g/mol. The van der Waals surface area contributed by atoms with Crippen molar-refractivity contribution in [2.45, 2.75) is 6.04 Å². The van der Waals surface area contributed by atoms with Crippen LogP contribution in [-0.2, 0) is 4.74 Å². The lowest BCUT2D eigenvalue weighted by molar-refractivity contribution is 0.0942. The van der Waals surface area contributed by atoms with E-state index in [4.69, 9.17) is 4.74 Å². The standard InChI is InChI=1S/C8H14N4OS/c1-9-4-7-5-13-3-2-12(7)8-11-10-6-14-8/h6-7,9H,2-5H2,1H3. The van der Waals surface area contributed by atoms with Crippen LogP contribution < -0.4 is 10.2 Å². The summed E-state index contributed by atoms with van der Waals surface area (Å²) in [6.45, 7) is 3.36. The van der Waals surface area contributed by atoms with Gasteiger partial charge in [-0.3, -0.25) is 0 Å². The molecule has 1 aromatic heterocycles. The lowest BCUT2D eigenvalue weighted by atomic mass is 10.2. The molecule has 6 heteroatoms. The third-order valence-electron chi connectivity index (χ3n) is 2.26. The van der Waals surface area contributed by atoms with E-state index in [1.807, 2.05) is 7.05 Å². The maximum atomic E-state index is 5.44. The highest BCUT2D eigenvalue weighted by atomic mass is 32.1. The van der Waals surface area contributed by atoms with Crippen LogP contribution >= 0.6 is 11.3 Å². The van der Waals surface area contributed by atoms with Crippen LogP contribution in [0.4, 0.5) is 5.13 Å². The van der Waals surface area contributed by atoms with E-state index in [0.29, 0.717) is 6.04 Å². The first-order valence-electron chi connectivity index (χ1n) is 4.67. The van der Waals surface area contributed by atoms with E-state index in [2.05, 4.69) is 20.4 Å². The number of nitrogens with zero attached hydrogens (tertiary/aromatic N) is 3. The lowest BCUT2D eigenvalue weighted by Gasteiger charge is -2.34. The van der Waals surface area contributed by atoms with Gasteiger partial charge in [-0.1, -0.05) is 11.3 Å². The first-order valence-corrected chi connectivity index (χ1v) is 5.55. The summed E-state index contributed by atoms with van der Waals surface area (Å²) >= 11 is 1.58. The molecule has 1 aliphatic heterocycles. The van der Waals surface area contributed by atoms with Crippen molar-refractivity contribution in [1.29, 1.82) is 0 Å². The van der Waals surface area contributed by atoms with E-state index < -0.39 is 0 Å². The smallest absolute Gasteiger partial charge is 0.208 e. The Bertz CT molecular complexity index is 264. The molecule has 0 aliphatic carbocycles. The van der Waals surface area contributed by atoms with Crippen molar-refractivity contribution in [2.75, 3.05) is 38.3 Å². The van der Waals surface area contributed by atoms with Crippen LogP contribution in [-0.4, -0.2) is 49.6 Å². The normalized spacial score (nSPS) is 22.6. The fraction of sp³-hybridized carbons (Fsp3) is 0.750. The number of hydrogen-bond acceptors (Lipinski definition) is 6. The van der Waals surface area contributed by atoms with Crippen molar-refractivity contribution in [3.8, 4) is 0 Å². The Balaban J connectivity index is 2.06. The van der Waals surface area contributed by atoms with E-state index in [-0.39, 0.29) is 0 Å². The second kappa shape index (κ2) is 4.68. The van der Waals surface area contributed by atoms with Gasteiger partial charge >= 0.3 is 0 Å². The maximum Gasteiger partial charge on any atom is 0.208 e. The van der Waals surface area contributed by atoms with Gasteiger partial charge in [0.25, 0.3) is 0 Å². The molecule has 0 spiro atoms. The Morgan fingerprint density at radius 2 is 2.71 bits per heavy atom. The third-order valence-corrected chi connectivity index (χ3v) is 2.99.